The van der Waals surface area contributed by atoms with Gasteiger partial charge in [0.1, 0.15) is 5.75 Å². The predicted octanol–water partition coefficient (Wildman–Crippen LogP) is 5.45. The summed E-state index contributed by atoms with van der Waals surface area (Å²) in [6, 6.07) is 14.4. The molecular formula is C23H22Br2N2O. The van der Waals surface area contributed by atoms with E-state index < -0.39 is 0 Å². The fourth-order valence-electron chi connectivity index (χ4n) is 5.21. The van der Waals surface area contributed by atoms with Crippen LogP contribution in [0, 0.1) is 5.92 Å². The lowest BCUT2D eigenvalue weighted by Crippen LogP contribution is -2.53. The molecule has 0 radical (unpaired) electrons. The van der Waals surface area contributed by atoms with Crippen LogP contribution in [0.15, 0.2) is 51.4 Å². The SMILES string of the molecule is CN1CC[C@@]2(c3cccc(O)c3)Cc3nc4c(Br)cc(Br)cc4cc3C[C@@H]2C1. The van der Waals surface area contributed by atoms with Gasteiger partial charge in [0.2, 0.25) is 0 Å². The highest BCUT2D eigenvalue weighted by molar-refractivity contribution is 9.11. The Morgan fingerprint density at radius 1 is 1.18 bits per heavy atom. The fraction of sp³-hybridized carbons (Fsp3) is 0.348. The first-order valence-corrected chi connectivity index (χ1v) is 11.3. The molecule has 0 spiro atoms. The van der Waals surface area contributed by atoms with E-state index in [4.69, 9.17) is 4.98 Å². The van der Waals surface area contributed by atoms with E-state index in [1.54, 1.807) is 6.07 Å². The van der Waals surface area contributed by atoms with Crippen molar-refractivity contribution in [3.05, 3.63) is 68.2 Å². The number of aromatic hydroxyl groups is 1. The van der Waals surface area contributed by atoms with Crippen LogP contribution in [0.3, 0.4) is 0 Å². The Hall–Kier alpha value is -1.43. The van der Waals surface area contributed by atoms with Crippen LogP contribution in [0.25, 0.3) is 10.9 Å². The molecule has 1 N–H and O–H groups in total. The molecule has 1 aliphatic heterocycles. The lowest BCUT2D eigenvalue weighted by atomic mass is 9.58. The smallest absolute Gasteiger partial charge is 0.115 e. The maximum absolute atomic E-state index is 10.1. The van der Waals surface area contributed by atoms with Gasteiger partial charge in [-0.3, -0.25) is 4.98 Å². The number of benzene rings is 2. The summed E-state index contributed by atoms with van der Waals surface area (Å²) < 4.78 is 2.09. The van der Waals surface area contributed by atoms with Gasteiger partial charge in [0.05, 0.1) is 5.52 Å². The number of phenols is 1. The molecule has 1 aliphatic carbocycles. The van der Waals surface area contributed by atoms with Crippen LogP contribution in [0.5, 0.6) is 5.75 Å². The van der Waals surface area contributed by atoms with E-state index >= 15 is 0 Å². The summed E-state index contributed by atoms with van der Waals surface area (Å²) in [6.07, 6.45) is 3.06. The molecular weight excluding hydrogens is 480 g/mol. The lowest BCUT2D eigenvalue weighted by Gasteiger charge is -2.50. The zero-order valence-electron chi connectivity index (χ0n) is 15.8. The number of pyridine rings is 1. The highest BCUT2D eigenvalue weighted by Crippen LogP contribution is 2.48. The Kier molecular flexibility index (Phi) is 4.53. The second kappa shape index (κ2) is 6.82. The molecule has 2 aliphatic rings. The summed E-state index contributed by atoms with van der Waals surface area (Å²) >= 11 is 7.29. The van der Waals surface area contributed by atoms with Crippen molar-refractivity contribution in [1.29, 1.82) is 0 Å². The monoisotopic (exact) mass is 500 g/mol. The van der Waals surface area contributed by atoms with Gasteiger partial charge >= 0.3 is 0 Å². The van der Waals surface area contributed by atoms with Crippen molar-refractivity contribution in [1.82, 2.24) is 9.88 Å². The molecule has 3 aromatic rings. The molecule has 2 aromatic carbocycles. The predicted molar refractivity (Wildman–Crippen MR) is 120 cm³/mol. The van der Waals surface area contributed by atoms with Crippen LogP contribution in [-0.4, -0.2) is 35.1 Å². The zero-order chi connectivity index (χ0) is 19.5. The number of halogens is 2. The van der Waals surface area contributed by atoms with Gasteiger partial charge in [-0.15, -0.1) is 0 Å². The number of aromatic nitrogens is 1. The van der Waals surface area contributed by atoms with Crippen LogP contribution < -0.4 is 0 Å². The molecule has 144 valence electrons. The van der Waals surface area contributed by atoms with Crippen LogP contribution in [-0.2, 0) is 18.3 Å². The Morgan fingerprint density at radius 2 is 2.04 bits per heavy atom. The summed E-state index contributed by atoms with van der Waals surface area (Å²) in [6.45, 7) is 2.15. The topological polar surface area (TPSA) is 36.4 Å². The van der Waals surface area contributed by atoms with E-state index in [-0.39, 0.29) is 5.41 Å². The lowest BCUT2D eigenvalue weighted by molar-refractivity contribution is 0.0987. The third-order valence-corrected chi connectivity index (χ3v) is 7.69. The van der Waals surface area contributed by atoms with Gasteiger partial charge in [-0.25, -0.2) is 0 Å². The molecule has 1 aromatic heterocycles. The van der Waals surface area contributed by atoms with Gasteiger partial charge < -0.3 is 10.0 Å². The zero-order valence-corrected chi connectivity index (χ0v) is 18.9. The molecule has 2 heterocycles. The fourth-order valence-corrected chi connectivity index (χ4v) is 6.56. The molecule has 1 fully saturated rings. The Morgan fingerprint density at radius 3 is 2.86 bits per heavy atom. The first-order valence-electron chi connectivity index (χ1n) is 9.70. The van der Waals surface area contributed by atoms with Crippen LogP contribution in [0.1, 0.15) is 23.2 Å². The van der Waals surface area contributed by atoms with Gasteiger partial charge in [0, 0.05) is 38.4 Å². The number of piperidine rings is 1. The van der Waals surface area contributed by atoms with E-state index in [0.717, 1.165) is 46.8 Å². The quantitative estimate of drug-likeness (QED) is 0.481. The van der Waals surface area contributed by atoms with Crippen molar-refractivity contribution >= 4 is 42.8 Å². The average molecular weight is 502 g/mol. The third kappa shape index (κ3) is 2.99. The maximum Gasteiger partial charge on any atom is 0.115 e. The molecule has 0 saturated carbocycles. The molecule has 2 atom stereocenters. The second-order valence-electron chi connectivity index (χ2n) is 8.35. The minimum absolute atomic E-state index is 0.0424. The molecule has 0 amide bonds. The standard InChI is InChI=1S/C23H22Br2N2O/c1-27-6-5-23(16-3-2-4-19(28)10-16)12-21-14(8-17(23)13-27)7-15-9-18(24)11-20(25)22(15)26-21/h2-4,7,9-11,17,28H,5-6,8,12-13H2,1H3/t17-,23+/m1/s1. The van der Waals surface area contributed by atoms with Gasteiger partial charge in [0.15, 0.2) is 0 Å². The van der Waals surface area contributed by atoms with Crippen molar-refractivity contribution in [3.8, 4) is 5.75 Å². The van der Waals surface area contributed by atoms with Crippen molar-refractivity contribution in [2.75, 3.05) is 20.1 Å². The van der Waals surface area contributed by atoms with E-state index in [1.165, 1.54) is 22.2 Å². The minimum Gasteiger partial charge on any atom is -0.508 e. The second-order valence-corrected chi connectivity index (χ2v) is 10.1. The van der Waals surface area contributed by atoms with Crippen molar-refractivity contribution in [3.63, 3.8) is 0 Å². The summed E-state index contributed by atoms with van der Waals surface area (Å²) in [5, 5.41) is 11.3. The Labute approximate surface area is 182 Å². The number of likely N-dealkylation sites (tertiary alicyclic amines) is 1. The van der Waals surface area contributed by atoms with Crippen molar-refractivity contribution in [2.24, 2.45) is 5.92 Å². The minimum atomic E-state index is 0.0424. The first kappa shape index (κ1) is 18.6. The van der Waals surface area contributed by atoms with E-state index in [1.807, 2.05) is 12.1 Å². The summed E-state index contributed by atoms with van der Waals surface area (Å²) in [5.74, 6) is 0.879. The van der Waals surface area contributed by atoms with Gasteiger partial charge in [0.25, 0.3) is 0 Å². The van der Waals surface area contributed by atoms with Gasteiger partial charge in [-0.05, 0) is 89.7 Å². The largest absolute Gasteiger partial charge is 0.508 e. The van der Waals surface area contributed by atoms with E-state index in [0.29, 0.717) is 11.7 Å². The average Bonchev–Trinajstić information content (AvgIpc) is 2.65. The van der Waals surface area contributed by atoms with E-state index in [2.05, 4.69) is 68.1 Å². The number of phenolic OH excluding ortho intramolecular Hbond substituents is 1. The summed E-state index contributed by atoms with van der Waals surface area (Å²) in [7, 11) is 2.22. The molecule has 5 rings (SSSR count). The number of fused-ring (bicyclic) bond motifs is 3. The van der Waals surface area contributed by atoms with Crippen LogP contribution >= 0.6 is 31.9 Å². The molecule has 3 nitrogen and oxygen atoms in total. The molecule has 5 heteroatoms. The molecule has 1 saturated heterocycles. The van der Waals surface area contributed by atoms with Gasteiger partial charge in [-0.2, -0.15) is 0 Å². The molecule has 28 heavy (non-hydrogen) atoms. The molecule has 0 unspecified atom stereocenters. The highest BCUT2D eigenvalue weighted by Gasteiger charge is 2.47. The molecule has 0 bridgehead atoms. The van der Waals surface area contributed by atoms with Gasteiger partial charge in [-0.1, -0.05) is 28.1 Å². The number of hydrogen-bond donors (Lipinski definition) is 1. The maximum atomic E-state index is 10.1. The normalized spacial score (nSPS) is 24.8. The Bertz CT molecular complexity index is 1080. The number of rotatable bonds is 1. The summed E-state index contributed by atoms with van der Waals surface area (Å²) in [4.78, 5) is 7.56. The number of nitrogens with zero attached hydrogens (tertiary/aromatic N) is 2. The van der Waals surface area contributed by atoms with Crippen molar-refractivity contribution in [2.45, 2.75) is 24.7 Å². The summed E-state index contributed by atoms with van der Waals surface area (Å²) in [5.41, 5.74) is 4.90. The van der Waals surface area contributed by atoms with E-state index in [9.17, 15) is 5.11 Å². The van der Waals surface area contributed by atoms with Crippen molar-refractivity contribution < 1.29 is 5.11 Å². The highest BCUT2D eigenvalue weighted by atomic mass is 79.9. The van der Waals surface area contributed by atoms with Crippen LogP contribution in [0.2, 0.25) is 0 Å². The number of hydrogen-bond acceptors (Lipinski definition) is 3. The Balaban J connectivity index is 1.68. The first-order chi connectivity index (χ1) is 13.4. The van der Waals surface area contributed by atoms with Crippen LogP contribution in [0.4, 0.5) is 0 Å². The third-order valence-electron chi connectivity index (χ3n) is 6.63.